The monoisotopic (exact) mass is 1050 g/mol. The topological polar surface area (TPSA) is 13.1 Å². The molecule has 83 heavy (non-hydrogen) atoms. The lowest BCUT2D eigenvalue weighted by atomic mass is 9.65. The smallest absolute Gasteiger partial charge is 0.0755 e. The summed E-state index contributed by atoms with van der Waals surface area (Å²) in [4.78, 5) is 2.57. The Morgan fingerprint density at radius 2 is 0.723 bits per heavy atom. The van der Waals surface area contributed by atoms with Crippen LogP contribution in [0.2, 0.25) is 0 Å². The summed E-state index contributed by atoms with van der Waals surface area (Å²) in [5.41, 5.74) is 30.0. The van der Waals surface area contributed by atoms with E-state index in [1.807, 2.05) is 0 Å². The van der Waals surface area contributed by atoms with E-state index in [0.29, 0.717) is 0 Å². The average molecular weight is 1050 g/mol. The highest BCUT2D eigenvalue weighted by atomic mass is 15.1. The summed E-state index contributed by atoms with van der Waals surface area (Å²) >= 11 is 0. The van der Waals surface area contributed by atoms with E-state index in [0.717, 1.165) is 33.9 Å². The lowest BCUT2D eigenvalue weighted by Crippen LogP contribution is -2.33. The summed E-state index contributed by atoms with van der Waals surface area (Å²) in [5, 5.41) is 5.07. The minimum atomic E-state index is -0.619. The van der Waals surface area contributed by atoms with E-state index in [-0.39, 0.29) is 0 Å². The summed E-state index contributed by atoms with van der Waals surface area (Å²) < 4.78 is 4.95. The van der Waals surface area contributed by atoms with Crippen LogP contribution in [0.3, 0.4) is 0 Å². The number of nitrogens with zero attached hydrogens (tertiary/aromatic N) is 3. The first-order chi connectivity index (χ1) is 41.2. The average Bonchev–Trinajstić information content (AvgIpc) is 4.49. The molecule has 1 unspecified atom stereocenters. The third-order valence-electron chi connectivity index (χ3n) is 19.3. The summed E-state index contributed by atoms with van der Waals surface area (Å²) in [6, 6.07) is 112. The van der Waals surface area contributed by atoms with Crippen LogP contribution in [-0.4, -0.2) is 9.13 Å². The van der Waals surface area contributed by atoms with Gasteiger partial charge >= 0.3 is 0 Å². The normalized spacial score (nSPS) is 15.1. The van der Waals surface area contributed by atoms with Gasteiger partial charge in [0, 0.05) is 44.2 Å². The second-order valence-corrected chi connectivity index (χ2v) is 23.0. The van der Waals surface area contributed by atoms with Crippen LogP contribution in [0.25, 0.3) is 99.5 Å². The minimum Gasteiger partial charge on any atom is -0.310 e. The highest BCUT2D eigenvalue weighted by molar-refractivity contribution is 6.13. The molecule has 0 radical (unpaired) electrons. The molecule has 0 saturated heterocycles. The van der Waals surface area contributed by atoms with E-state index >= 15 is 0 Å². The zero-order valence-corrected chi connectivity index (χ0v) is 45.1. The molecule has 2 spiro atoms. The molecule has 13 aromatic carbocycles. The number of aromatic nitrogens is 2. The van der Waals surface area contributed by atoms with Gasteiger partial charge in [0.1, 0.15) is 0 Å². The number of hydrogen-bond acceptors (Lipinski definition) is 1. The molecule has 0 fully saturated rings. The van der Waals surface area contributed by atoms with Crippen molar-refractivity contribution < 1.29 is 0 Å². The summed E-state index contributed by atoms with van der Waals surface area (Å²) in [5.74, 6) is 0. The van der Waals surface area contributed by atoms with Crippen molar-refractivity contribution >= 4 is 60.7 Å². The first-order valence-electron chi connectivity index (χ1n) is 29.0. The van der Waals surface area contributed by atoms with Gasteiger partial charge in [-0.05, 0) is 150 Å². The van der Waals surface area contributed by atoms with Gasteiger partial charge in [-0.3, -0.25) is 0 Å². The molecular weight excluding hydrogens is 1000 g/mol. The third kappa shape index (κ3) is 5.64. The molecule has 384 valence electrons. The van der Waals surface area contributed by atoms with Crippen molar-refractivity contribution in [1.82, 2.24) is 9.13 Å². The molecule has 3 heteroatoms. The summed E-state index contributed by atoms with van der Waals surface area (Å²) in [6.45, 7) is 0. The fraction of sp³-hybridized carbons (Fsp3) is 0.0250. The van der Waals surface area contributed by atoms with Gasteiger partial charge in [-0.15, -0.1) is 0 Å². The Kier molecular flexibility index (Phi) is 8.92. The number of anilines is 3. The standard InChI is InChI=1S/C80H49N3/c1-8-30-64-55(22-1)56-23-2-9-31-65(56)79(64)67-33-11-4-28-63(67)77-69(79)35-19-41-76(77)81(52-44-42-50(43-45-52)51-20-17-21-53(48-51)82-72-37-13-5-25-59(72)60-26-6-14-38-73(60)82)54-46-47-58-57-24-3-10-32-66(57)80(71(58)49-54)68-34-12-16-40-75(68)83-74-39-15-7-27-61(74)62-29-18-36-70(80)78(62)83/h1-49H. The van der Waals surface area contributed by atoms with Crippen LogP contribution in [-0.2, 0) is 10.8 Å². The molecule has 1 aliphatic heterocycles. The van der Waals surface area contributed by atoms with Crippen LogP contribution in [0, 0.1) is 0 Å². The predicted molar refractivity (Wildman–Crippen MR) is 342 cm³/mol. The quantitative estimate of drug-likeness (QED) is 0.167. The summed E-state index contributed by atoms with van der Waals surface area (Å²) in [6.07, 6.45) is 0. The predicted octanol–water partition coefficient (Wildman–Crippen LogP) is 20.0. The lowest BCUT2D eigenvalue weighted by Gasteiger charge is -2.40. The fourth-order valence-corrected chi connectivity index (χ4v) is 16.3. The molecule has 3 aliphatic carbocycles. The molecule has 3 heterocycles. The molecule has 0 bridgehead atoms. The molecule has 2 aromatic heterocycles. The van der Waals surface area contributed by atoms with E-state index < -0.39 is 10.8 Å². The van der Waals surface area contributed by atoms with Crippen LogP contribution in [0.1, 0.15) is 44.5 Å². The minimum absolute atomic E-state index is 0.501. The number of hydrogen-bond donors (Lipinski definition) is 0. The molecule has 0 N–H and O–H groups in total. The van der Waals surface area contributed by atoms with Crippen LogP contribution in [0.4, 0.5) is 17.1 Å². The maximum Gasteiger partial charge on any atom is 0.0755 e. The number of rotatable bonds is 5. The van der Waals surface area contributed by atoms with E-state index in [4.69, 9.17) is 0 Å². The molecule has 1 atom stereocenters. The molecule has 15 aromatic rings. The Balaban J connectivity index is 0.861. The van der Waals surface area contributed by atoms with E-state index in [1.54, 1.807) is 0 Å². The Morgan fingerprint density at radius 3 is 1.39 bits per heavy atom. The van der Waals surface area contributed by atoms with Gasteiger partial charge < -0.3 is 14.0 Å². The Labute approximate surface area is 480 Å². The number of fused-ring (bicyclic) bond motifs is 25. The zero-order valence-electron chi connectivity index (χ0n) is 45.1. The van der Waals surface area contributed by atoms with Gasteiger partial charge in [0.05, 0.1) is 44.3 Å². The second kappa shape index (κ2) is 16.4. The number of para-hydroxylation sites is 5. The van der Waals surface area contributed by atoms with Crippen molar-refractivity contribution in [2.75, 3.05) is 4.90 Å². The Morgan fingerprint density at radius 1 is 0.265 bits per heavy atom. The third-order valence-corrected chi connectivity index (χ3v) is 19.3. The highest BCUT2D eigenvalue weighted by Crippen LogP contribution is 2.66. The van der Waals surface area contributed by atoms with Crippen LogP contribution >= 0.6 is 0 Å². The molecule has 3 nitrogen and oxygen atoms in total. The second-order valence-electron chi connectivity index (χ2n) is 23.0. The highest BCUT2D eigenvalue weighted by Gasteiger charge is 2.54. The van der Waals surface area contributed by atoms with Crippen LogP contribution in [0.15, 0.2) is 297 Å². The van der Waals surface area contributed by atoms with Gasteiger partial charge in [0.15, 0.2) is 0 Å². The van der Waals surface area contributed by atoms with E-state index in [2.05, 4.69) is 311 Å². The maximum absolute atomic E-state index is 2.57. The van der Waals surface area contributed by atoms with Crippen molar-refractivity contribution in [3.63, 3.8) is 0 Å². The largest absolute Gasteiger partial charge is 0.310 e. The fourth-order valence-electron chi connectivity index (χ4n) is 16.3. The zero-order chi connectivity index (χ0) is 54.1. The molecule has 4 aliphatic rings. The summed E-state index contributed by atoms with van der Waals surface area (Å²) in [7, 11) is 0. The number of benzene rings is 13. The molecular formula is C80H49N3. The van der Waals surface area contributed by atoms with Crippen molar-refractivity contribution in [1.29, 1.82) is 0 Å². The van der Waals surface area contributed by atoms with Crippen LogP contribution in [0.5, 0.6) is 0 Å². The Bertz CT molecular complexity index is 5200. The van der Waals surface area contributed by atoms with Gasteiger partial charge in [0.25, 0.3) is 0 Å². The SMILES string of the molecule is c1cc(-c2ccc(N(c3ccc4c(c3)C3(c5ccccc5-4)c4ccccc4-n4c5ccccc5c5cccc3c54)c3cccc4c3-c3ccccc3C43c4ccccc4-c4ccccc43)cc2)cc(-n2c3ccccc3c3ccccc32)c1. The van der Waals surface area contributed by atoms with Crippen molar-refractivity contribution in [3.05, 3.63) is 342 Å². The van der Waals surface area contributed by atoms with Crippen molar-refractivity contribution in [3.8, 4) is 55.9 Å². The van der Waals surface area contributed by atoms with Crippen LogP contribution < -0.4 is 4.90 Å². The molecule has 19 rings (SSSR count). The van der Waals surface area contributed by atoms with Gasteiger partial charge in [0.2, 0.25) is 0 Å². The van der Waals surface area contributed by atoms with Gasteiger partial charge in [-0.25, -0.2) is 0 Å². The lowest BCUT2D eigenvalue weighted by molar-refractivity contribution is 0.748. The van der Waals surface area contributed by atoms with E-state index in [1.165, 1.54) is 127 Å². The molecule has 0 amide bonds. The van der Waals surface area contributed by atoms with Gasteiger partial charge in [-0.1, -0.05) is 231 Å². The first-order valence-corrected chi connectivity index (χ1v) is 29.0. The maximum atomic E-state index is 2.57. The van der Waals surface area contributed by atoms with E-state index in [9.17, 15) is 0 Å². The Hall–Kier alpha value is -10.7. The molecule has 0 saturated carbocycles. The van der Waals surface area contributed by atoms with Crippen molar-refractivity contribution in [2.24, 2.45) is 0 Å². The van der Waals surface area contributed by atoms with Crippen molar-refractivity contribution in [2.45, 2.75) is 10.8 Å². The first kappa shape index (κ1) is 45.0. The van der Waals surface area contributed by atoms with Gasteiger partial charge in [-0.2, -0.15) is 0 Å².